The van der Waals surface area contributed by atoms with E-state index in [0.29, 0.717) is 18.0 Å². The fourth-order valence-electron chi connectivity index (χ4n) is 3.68. The molecule has 0 bridgehead atoms. The molecule has 1 N–H and O–H groups in total. The summed E-state index contributed by atoms with van der Waals surface area (Å²) in [6.45, 7) is 5.18. The van der Waals surface area contributed by atoms with E-state index in [4.69, 9.17) is 4.52 Å². The fraction of sp³-hybridized carbons (Fsp3) is 0.588. The minimum Gasteiger partial charge on any atom is -0.360 e. The molecule has 4 rings (SSSR count). The highest BCUT2D eigenvalue weighted by molar-refractivity contribution is 7.89. The van der Waals surface area contributed by atoms with E-state index in [1.807, 2.05) is 0 Å². The van der Waals surface area contributed by atoms with Gasteiger partial charge in [-0.25, -0.2) is 13.1 Å². The lowest BCUT2D eigenvalue weighted by atomic mass is 9.96. The first-order valence-electron chi connectivity index (χ1n) is 8.97. The van der Waals surface area contributed by atoms with E-state index in [2.05, 4.69) is 31.0 Å². The Hall–Kier alpha value is -2.00. The average molecular weight is 377 g/mol. The summed E-state index contributed by atoms with van der Waals surface area (Å²) in [7, 11) is -3.60. The topological polar surface area (TPSA) is 101 Å². The highest BCUT2D eigenvalue weighted by Crippen LogP contribution is 2.27. The van der Waals surface area contributed by atoms with Crippen molar-refractivity contribution in [3.8, 4) is 0 Å². The lowest BCUT2D eigenvalue weighted by molar-refractivity contribution is 0.390. The Labute approximate surface area is 153 Å². The Morgan fingerprint density at radius 1 is 1.23 bits per heavy atom. The third kappa shape index (κ3) is 3.21. The molecule has 0 saturated carbocycles. The van der Waals surface area contributed by atoms with E-state index < -0.39 is 10.0 Å². The molecule has 2 aliphatic rings. The maximum absolute atomic E-state index is 12.4. The van der Waals surface area contributed by atoms with Crippen LogP contribution in [0.15, 0.2) is 15.5 Å². The van der Waals surface area contributed by atoms with Gasteiger partial charge in [-0.15, -0.1) is 5.10 Å². The summed E-state index contributed by atoms with van der Waals surface area (Å²) in [5, 5.41) is 12.4. The normalized spacial score (nSPS) is 17.8. The summed E-state index contributed by atoms with van der Waals surface area (Å²) in [5.41, 5.74) is 2.82. The minimum absolute atomic E-state index is 0.147. The van der Waals surface area contributed by atoms with Gasteiger partial charge in [0.25, 0.3) is 0 Å². The predicted octanol–water partition coefficient (Wildman–Crippen LogP) is 1.37. The standard InChI is InChI=1S/C17H23N5O3S/c1-11-17(12(2)25-21-11)26(23,24)18-8-13-9-22(10-13)16-7-14-5-3-4-6-15(14)19-20-16/h7,13,18H,3-6,8-10H2,1-2H3. The van der Waals surface area contributed by atoms with Crippen LogP contribution >= 0.6 is 0 Å². The van der Waals surface area contributed by atoms with Crippen LogP contribution in [-0.2, 0) is 22.9 Å². The first-order valence-corrected chi connectivity index (χ1v) is 10.5. The Kier molecular flexibility index (Phi) is 4.44. The smallest absolute Gasteiger partial charge is 0.245 e. The maximum atomic E-state index is 12.4. The number of nitrogens with zero attached hydrogens (tertiary/aromatic N) is 4. The third-order valence-electron chi connectivity index (χ3n) is 5.14. The molecule has 0 spiro atoms. The monoisotopic (exact) mass is 377 g/mol. The number of hydrogen-bond donors (Lipinski definition) is 1. The SMILES string of the molecule is Cc1noc(C)c1S(=O)(=O)NCC1CN(c2cc3c(nn2)CCCC3)C1. The first-order chi connectivity index (χ1) is 12.4. The minimum atomic E-state index is -3.60. The number of aryl methyl sites for hydroxylation is 4. The largest absolute Gasteiger partial charge is 0.360 e. The molecule has 0 aromatic carbocycles. The van der Waals surface area contributed by atoms with Crippen LogP contribution in [-0.4, -0.2) is 43.4 Å². The molecular weight excluding hydrogens is 354 g/mol. The van der Waals surface area contributed by atoms with Crippen molar-refractivity contribution in [2.45, 2.75) is 44.4 Å². The molecule has 1 saturated heterocycles. The van der Waals surface area contributed by atoms with Crippen LogP contribution in [0.1, 0.15) is 35.6 Å². The molecule has 26 heavy (non-hydrogen) atoms. The summed E-state index contributed by atoms with van der Waals surface area (Å²) in [6, 6.07) is 2.14. The van der Waals surface area contributed by atoms with Crippen molar-refractivity contribution in [3.05, 3.63) is 28.8 Å². The molecule has 140 valence electrons. The van der Waals surface area contributed by atoms with Crippen LogP contribution in [0.25, 0.3) is 0 Å². The van der Waals surface area contributed by atoms with Crippen LogP contribution < -0.4 is 9.62 Å². The molecular formula is C17H23N5O3S. The van der Waals surface area contributed by atoms with Gasteiger partial charge < -0.3 is 9.42 Å². The van der Waals surface area contributed by atoms with Crippen molar-refractivity contribution in [3.63, 3.8) is 0 Å². The quantitative estimate of drug-likeness (QED) is 0.840. The van der Waals surface area contributed by atoms with Crippen molar-refractivity contribution in [1.29, 1.82) is 0 Å². The van der Waals surface area contributed by atoms with Crippen molar-refractivity contribution >= 4 is 15.8 Å². The Balaban J connectivity index is 1.34. The van der Waals surface area contributed by atoms with Crippen LogP contribution in [0.3, 0.4) is 0 Å². The molecule has 1 aliphatic carbocycles. The molecule has 0 atom stereocenters. The average Bonchev–Trinajstić information content (AvgIpc) is 2.92. The second-order valence-electron chi connectivity index (χ2n) is 7.16. The van der Waals surface area contributed by atoms with Crippen molar-refractivity contribution in [2.75, 3.05) is 24.5 Å². The number of rotatable bonds is 5. The van der Waals surface area contributed by atoms with Gasteiger partial charge in [-0.05, 0) is 51.2 Å². The third-order valence-corrected chi connectivity index (χ3v) is 6.80. The Morgan fingerprint density at radius 2 is 2.00 bits per heavy atom. The van der Waals surface area contributed by atoms with Crippen LogP contribution in [0, 0.1) is 19.8 Å². The molecule has 0 unspecified atom stereocenters. The van der Waals surface area contributed by atoms with E-state index in [1.165, 1.54) is 18.4 Å². The zero-order valence-electron chi connectivity index (χ0n) is 15.0. The second-order valence-corrected chi connectivity index (χ2v) is 8.86. The van der Waals surface area contributed by atoms with Gasteiger partial charge >= 0.3 is 0 Å². The zero-order chi connectivity index (χ0) is 18.3. The van der Waals surface area contributed by atoms with Gasteiger partial charge in [0.1, 0.15) is 10.6 Å². The first kappa shape index (κ1) is 17.4. The Morgan fingerprint density at radius 3 is 2.73 bits per heavy atom. The molecule has 0 amide bonds. The number of aromatic nitrogens is 3. The summed E-state index contributed by atoms with van der Waals surface area (Å²) in [5.74, 6) is 1.47. The summed E-state index contributed by atoms with van der Waals surface area (Å²) < 4.78 is 32.5. The van der Waals surface area contributed by atoms with Gasteiger partial charge in [0.05, 0.1) is 5.69 Å². The van der Waals surface area contributed by atoms with Crippen molar-refractivity contribution in [2.24, 2.45) is 5.92 Å². The molecule has 2 aromatic heterocycles. The van der Waals surface area contributed by atoms with E-state index in [-0.39, 0.29) is 10.8 Å². The lowest BCUT2D eigenvalue weighted by Crippen LogP contribution is -2.52. The molecule has 3 heterocycles. The molecule has 2 aromatic rings. The van der Waals surface area contributed by atoms with E-state index in [1.54, 1.807) is 13.8 Å². The number of hydrogen-bond acceptors (Lipinski definition) is 7. The molecule has 8 nitrogen and oxygen atoms in total. The fourth-order valence-corrected chi connectivity index (χ4v) is 5.12. The van der Waals surface area contributed by atoms with Crippen molar-refractivity contribution < 1.29 is 12.9 Å². The zero-order valence-corrected chi connectivity index (χ0v) is 15.8. The predicted molar refractivity (Wildman–Crippen MR) is 95.5 cm³/mol. The molecule has 1 aliphatic heterocycles. The number of fused-ring (bicyclic) bond motifs is 1. The second kappa shape index (κ2) is 6.62. The summed E-state index contributed by atoms with van der Waals surface area (Å²) in [6.07, 6.45) is 4.50. The highest BCUT2D eigenvalue weighted by atomic mass is 32.2. The molecule has 9 heteroatoms. The number of sulfonamides is 1. The summed E-state index contributed by atoms with van der Waals surface area (Å²) >= 11 is 0. The van der Waals surface area contributed by atoms with Gasteiger partial charge in [0, 0.05) is 25.6 Å². The number of anilines is 1. The van der Waals surface area contributed by atoms with Gasteiger partial charge in [-0.1, -0.05) is 5.16 Å². The van der Waals surface area contributed by atoms with Gasteiger partial charge in [-0.3, -0.25) is 0 Å². The van der Waals surface area contributed by atoms with Gasteiger partial charge in [0.15, 0.2) is 11.6 Å². The molecule has 0 radical (unpaired) electrons. The van der Waals surface area contributed by atoms with E-state index in [9.17, 15) is 8.42 Å². The Bertz CT molecular complexity index is 899. The maximum Gasteiger partial charge on any atom is 0.245 e. The number of nitrogens with one attached hydrogen (secondary N) is 1. The van der Waals surface area contributed by atoms with Crippen molar-refractivity contribution in [1.82, 2.24) is 20.1 Å². The summed E-state index contributed by atoms with van der Waals surface area (Å²) in [4.78, 5) is 2.30. The highest BCUT2D eigenvalue weighted by Gasteiger charge is 2.31. The van der Waals surface area contributed by atoms with Gasteiger partial charge in [-0.2, -0.15) is 5.10 Å². The van der Waals surface area contributed by atoms with Crippen LogP contribution in [0.2, 0.25) is 0 Å². The lowest BCUT2D eigenvalue weighted by Gasteiger charge is -2.40. The van der Waals surface area contributed by atoms with E-state index >= 15 is 0 Å². The molecule has 1 fully saturated rings. The van der Waals surface area contributed by atoms with E-state index in [0.717, 1.165) is 37.4 Å². The van der Waals surface area contributed by atoms with Crippen LogP contribution in [0.5, 0.6) is 0 Å². The van der Waals surface area contributed by atoms with Gasteiger partial charge in [0.2, 0.25) is 10.0 Å². The van der Waals surface area contributed by atoms with Crippen LogP contribution in [0.4, 0.5) is 5.82 Å².